The molecule has 2 aliphatic rings. The van der Waals surface area contributed by atoms with E-state index < -0.39 is 0 Å². The molecule has 0 bridgehead atoms. The fraction of sp³-hybridized carbons (Fsp3) is 0.250. The predicted molar refractivity (Wildman–Crippen MR) is 105 cm³/mol. The number of aromatic nitrogens is 3. The second-order valence-corrected chi connectivity index (χ2v) is 6.70. The monoisotopic (exact) mass is 377 g/mol. The molecule has 3 aromatic rings. The average molecular weight is 377 g/mol. The fourth-order valence-corrected chi connectivity index (χ4v) is 3.52. The van der Waals surface area contributed by atoms with Crippen molar-refractivity contribution in [2.75, 3.05) is 42.8 Å². The van der Waals surface area contributed by atoms with Crippen LogP contribution in [0.2, 0.25) is 0 Å². The smallest absolute Gasteiger partial charge is 0.252 e. The molecule has 2 aromatic heterocycles. The van der Waals surface area contributed by atoms with Crippen LogP contribution in [0.15, 0.2) is 53.6 Å². The lowest BCUT2D eigenvalue weighted by Gasteiger charge is -2.36. The van der Waals surface area contributed by atoms with Gasteiger partial charge in [-0.25, -0.2) is 4.98 Å². The van der Waals surface area contributed by atoms with Crippen molar-refractivity contribution in [1.29, 1.82) is 0 Å². The molecule has 0 saturated carbocycles. The van der Waals surface area contributed by atoms with Crippen LogP contribution >= 0.6 is 0 Å². The summed E-state index contributed by atoms with van der Waals surface area (Å²) in [5.41, 5.74) is 2.48. The van der Waals surface area contributed by atoms with Crippen LogP contribution in [0, 0.1) is 0 Å². The minimum atomic E-state index is -0.157. The molecule has 2 aliphatic heterocycles. The Labute approximate surface area is 161 Å². The Bertz CT molecular complexity index is 1050. The average Bonchev–Trinajstić information content (AvgIpc) is 3.22. The number of pyridine rings is 1. The molecule has 8 nitrogen and oxygen atoms in total. The lowest BCUT2D eigenvalue weighted by molar-refractivity contribution is 0.174. The standard InChI is InChI=1S/C20H19N5O3/c26-19-12-16(14-3-5-21-6-4-14)22-20(23-19)25-9-7-24(8-10-25)15-1-2-17-18(11-15)28-13-27-17/h1-6,11-12H,7-10,13H2,(H,22,23,26). The van der Waals surface area contributed by atoms with Gasteiger partial charge in [0.25, 0.3) is 5.56 Å². The fourth-order valence-electron chi connectivity index (χ4n) is 3.52. The molecule has 5 rings (SSSR count). The second kappa shape index (κ2) is 6.88. The Morgan fingerprint density at radius 1 is 0.893 bits per heavy atom. The summed E-state index contributed by atoms with van der Waals surface area (Å²) >= 11 is 0. The van der Waals surface area contributed by atoms with E-state index in [1.54, 1.807) is 12.4 Å². The van der Waals surface area contributed by atoms with Crippen LogP contribution in [0.3, 0.4) is 0 Å². The number of benzene rings is 1. The molecule has 1 saturated heterocycles. The first-order valence-electron chi connectivity index (χ1n) is 9.17. The molecule has 4 heterocycles. The minimum absolute atomic E-state index is 0.157. The summed E-state index contributed by atoms with van der Waals surface area (Å²) in [6.07, 6.45) is 3.39. The van der Waals surface area contributed by atoms with E-state index in [9.17, 15) is 4.79 Å². The first kappa shape index (κ1) is 16.6. The number of fused-ring (bicyclic) bond motifs is 1. The second-order valence-electron chi connectivity index (χ2n) is 6.70. The van der Waals surface area contributed by atoms with E-state index in [1.807, 2.05) is 30.3 Å². The summed E-state index contributed by atoms with van der Waals surface area (Å²) in [5.74, 6) is 2.18. The van der Waals surface area contributed by atoms with E-state index in [4.69, 9.17) is 9.47 Å². The summed E-state index contributed by atoms with van der Waals surface area (Å²) < 4.78 is 10.9. The van der Waals surface area contributed by atoms with Crippen molar-refractivity contribution in [2.45, 2.75) is 0 Å². The van der Waals surface area contributed by atoms with Gasteiger partial charge in [-0.15, -0.1) is 0 Å². The number of piperazine rings is 1. The van der Waals surface area contributed by atoms with E-state index in [0.717, 1.165) is 48.9 Å². The van der Waals surface area contributed by atoms with E-state index in [1.165, 1.54) is 6.07 Å². The van der Waals surface area contributed by atoms with Crippen molar-refractivity contribution in [2.24, 2.45) is 0 Å². The lowest BCUT2D eigenvalue weighted by atomic mass is 10.2. The van der Waals surface area contributed by atoms with Gasteiger partial charge < -0.3 is 19.3 Å². The Hall–Kier alpha value is -3.55. The van der Waals surface area contributed by atoms with Gasteiger partial charge in [0, 0.05) is 62.0 Å². The Morgan fingerprint density at radius 2 is 1.64 bits per heavy atom. The first-order valence-corrected chi connectivity index (χ1v) is 9.17. The van der Waals surface area contributed by atoms with Crippen molar-refractivity contribution in [3.63, 3.8) is 0 Å². The molecule has 28 heavy (non-hydrogen) atoms. The quantitative estimate of drug-likeness (QED) is 0.746. The molecule has 0 spiro atoms. The third-order valence-electron chi connectivity index (χ3n) is 5.01. The summed E-state index contributed by atoms with van der Waals surface area (Å²) in [5, 5.41) is 0. The number of ether oxygens (including phenoxy) is 2. The van der Waals surface area contributed by atoms with Gasteiger partial charge in [-0.3, -0.25) is 14.8 Å². The number of rotatable bonds is 3. The van der Waals surface area contributed by atoms with Crippen molar-refractivity contribution in [3.05, 3.63) is 59.1 Å². The van der Waals surface area contributed by atoms with Crippen molar-refractivity contribution in [3.8, 4) is 22.8 Å². The van der Waals surface area contributed by atoms with E-state index >= 15 is 0 Å². The zero-order valence-electron chi connectivity index (χ0n) is 15.2. The van der Waals surface area contributed by atoms with Crippen LogP contribution < -0.4 is 24.8 Å². The van der Waals surface area contributed by atoms with E-state index in [-0.39, 0.29) is 12.4 Å². The van der Waals surface area contributed by atoms with Gasteiger partial charge in [-0.1, -0.05) is 0 Å². The molecule has 1 fully saturated rings. The topological polar surface area (TPSA) is 83.6 Å². The van der Waals surface area contributed by atoms with Crippen molar-refractivity contribution < 1.29 is 9.47 Å². The maximum atomic E-state index is 12.1. The number of anilines is 2. The number of hydrogen-bond donors (Lipinski definition) is 1. The Balaban J connectivity index is 1.33. The highest BCUT2D eigenvalue weighted by atomic mass is 16.7. The molecule has 1 aromatic carbocycles. The minimum Gasteiger partial charge on any atom is -0.454 e. The summed E-state index contributed by atoms with van der Waals surface area (Å²) in [6, 6.07) is 11.2. The molecule has 0 atom stereocenters. The van der Waals surface area contributed by atoms with Gasteiger partial charge in [0.15, 0.2) is 11.5 Å². The number of nitrogens with zero attached hydrogens (tertiary/aromatic N) is 4. The van der Waals surface area contributed by atoms with Gasteiger partial charge in [0.05, 0.1) is 5.69 Å². The van der Waals surface area contributed by atoms with Crippen LogP contribution in [0.25, 0.3) is 11.3 Å². The molecule has 0 amide bonds. The van der Waals surface area contributed by atoms with Gasteiger partial charge in [-0.2, -0.15) is 0 Å². The summed E-state index contributed by atoms with van der Waals surface area (Å²) in [7, 11) is 0. The van der Waals surface area contributed by atoms with Gasteiger partial charge in [0.1, 0.15) is 0 Å². The molecular formula is C20H19N5O3. The number of H-pyrrole nitrogens is 1. The SMILES string of the molecule is O=c1cc(-c2ccncc2)nc(N2CCN(c3ccc4c(c3)OCO4)CC2)[nH]1. The molecule has 1 N–H and O–H groups in total. The third-order valence-corrected chi connectivity index (χ3v) is 5.01. The Kier molecular flexibility index (Phi) is 4.08. The highest BCUT2D eigenvalue weighted by Gasteiger charge is 2.22. The highest BCUT2D eigenvalue weighted by molar-refractivity contribution is 5.60. The van der Waals surface area contributed by atoms with Crippen LogP contribution in [0.4, 0.5) is 11.6 Å². The molecular weight excluding hydrogens is 358 g/mol. The molecule has 0 unspecified atom stereocenters. The van der Waals surface area contributed by atoms with Gasteiger partial charge in [-0.05, 0) is 24.3 Å². The predicted octanol–water partition coefficient (Wildman–Crippen LogP) is 1.89. The largest absolute Gasteiger partial charge is 0.454 e. The van der Waals surface area contributed by atoms with Crippen LogP contribution in [0.5, 0.6) is 11.5 Å². The summed E-state index contributed by atoms with van der Waals surface area (Å²) in [6.45, 7) is 3.44. The molecule has 0 aliphatic carbocycles. The maximum absolute atomic E-state index is 12.1. The summed E-state index contributed by atoms with van der Waals surface area (Å²) in [4.78, 5) is 28.1. The van der Waals surface area contributed by atoms with Crippen LogP contribution in [-0.2, 0) is 0 Å². The zero-order valence-corrected chi connectivity index (χ0v) is 15.2. The van der Waals surface area contributed by atoms with Crippen LogP contribution in [-0.4, -0.2) is 47.9 Å². The van der Waals surface area contributed by atoms with E-state index in [2.05, 4.69) is 24.8 Å². The molecule has 8 heteroatoms. The lowest BCUT2D eigenvalue weighted by Crippen LogP contribution is -2.47. The number of nitrogens with one attached hydrogen (secondary N) is 1. The van der Waals surface area contributed by atoms with E-state index in [0.29, 0.717) is 11.6 Å². The van der Waals surface area contributed by atoms with Crippen molar-refractivity contribution >= 4 is 11.6 Å². The van der Waals surface area contributed by atoms with Crippen molar-refractivity contribution in [1.82, 2.24) is 15.0 Å². The number of hydrogen-bond acceptors (Lipinski definition) is 7. The maximum Gasteiger partial charge on any atom is 0.252 e. The first-order chi connectivity index (χ1) is 13.8. The third kappa shape index (κ3) is 3.13. The molecule has 0 radical (unpaired) electrons. The number of aromatic amines is 1. The highest BCUT2D eigenvalue weighted by Crippen LogP contribution is 2.35. The van der Waals surface area contributed by atoms with Crippen LogP contribution in [0.1, 0.15) is 0 Å². The molecule has 142 valence electrons. The Morgan fingerprint density at radius 3 is 2.46 bits per heavy atom. The van der Waals surface area contributed by atoms with Gasteiger partial charge in [0.2, 0.25) is 12.7 Å². The normalized spacial score (nSPS) is 15.7. The van der Waals surface area contributed by atoms with Gasteiger partial charge >= 0.3 is 0 Å². The zero-order chi connectivity index (χ0) is 18.9.